The highest BCUT2D eigenvalue weighted by Gasteiger charge is 2.39. The normalized spacial score (nSPS) is 11.8. The molecule has 0 atom stereocenters. The Balaban J connectivity index is 2.66. The van der Waals surface area contributed by atoms with Crippen LogP contribution in [-0.4, -0.2) is 25.8 Å². The van der Waals surface area contributed by atoms with Gasteiger partial charge in [0.2, 0.25) is 0 Å². The van der Waals surface area contributed by atoms with Crippen molar-refractivity contribution in [2.45, 2.75) is 12.6 Å². The number of rotatable bonds is 3. The van der Waals surface area contributed by atoms with E-state index in [1.165, 1.54) is 13.2 Å². The second-order valence-electron chi connectivity index (χ2n) is 3.97. The van der Waals surface area contributed by atoms with E-state index < -0.39 is 24.3 Å². The number of hydrogen-bond acceptors (Lipinski definition) is 2. The predicted molar refractivity (Wildman–Crippen MR) is 59.3 cm³/mol. The highest BCUT2D eigenvalue weighted by Crippen LogP contribution is 2.36. The van der Waals surface area contributed by atoms with Gasteiger partial charge in [0.1, 0.15) is 0 Å². The van der Waals surface area contributed by atoms with Crippen molar-refractivity contribution in [2.24, 2.45) is 7.05 Å². The molecule has 0 fully saturated rings. The van der Waals surface area contributed by atoms with Crippen LogP contribution in [0.25, 0.3) is 11.3 Å². The lowest BCUT2D eigenvalue weighted by Crippen LogP contribution is -2.12. The minimum Gasteiger partial charge on any atom is -0.481 e. The van der Waals surface area contributed by atoms with Gasteiger partial charge in [0.05, 0.1) is 12.1 Å². The highest BCUT2D eigenvalue weighted by atomic mass is 19.4. The van der Waals surface area contributed by atoms with Crippen LogP contribution in [-0.2, 0) is 24.4 Å². The summed E-state index contributed by atoms with van der Waals surface area (Å²) in [5.74, 6) is -1.34. The number of aromatic amines is 1. The van der Waals surface area contributed by atoms with Gasteiger partial charge in [-0.05, 0) is 6.07 Å². The van der Waals surface area contributed by atoms with Crippen molar-refractivity contribution in [1.82, 2.24) is 14.8 Å². The van der Waals surface area contributed by atoms with E-state index in [0.29, 0.717) is 5.56 Å². The molecule has 0 aliphatic carbocycles. The van der Waals surface area contributed by atoms with Gasteiger partial charge in [-0.1, -0.05) is 0 Å². The Labute approximate surface area is 105 Å². The quantitative estimate of drug-likeness (QED) is 0.899. The molecule has 2 rings (SSSR count). The molecule has 0 aromatic carbocycles. The largest absolute Gasteiger partial charge is 0.481 e. The van der Waals surface area contributed by atoms with Crippen molar-refractivity contribution in [3.63, 3.8) is 0 Å². The Kier molecular flexibility index (Phi) is 3.09. The maximum absolute atomic E-state index is 12.9. The molecule has 0 aliphatic heterocycles. The van der Waals surface area contributed by atoms with Crippen LogP contribution < -0.4 is 0 Å². The summed E-state index contributed by atoms with van der Waals surface area (Å²) in [4.78, 5) is 13.5. The number of H-pyrrole nitrogens is 1. The van der Waals surface area contributed by atoms with Crippen LogP contribution in [0.1, 0.15) is 11.3 Å². The third-order valence-electron chi connectivity index (χ3n) is 2.61. The van der Waals surface area contributed by atoms with E-state index in [1.807, 2.05) is 0 Å². The van der Waals surface area contributed by atoms with Crippen LogP contribution >= 0.6 is 0 Å². The summed E-state index contributed by atoms with van der Waals surface area (Å²) < 4.78 is 39.6. The number of nitrogens with zero attached hydrogens (tertiary/aromatic N) is 2. The van der Waals surface area contributed by atoms with Crippen molar-refractivity contribution in [1.29, 1.82) is 0 Å². The number of carboxylic acids is 1. The molecule has 19 heavy (non-hydrogen) atoms. The highest BCUT2D eigenvalue weighted by molar-refractivity contribution is 5.76. The fourth-order valence-electron chi connectivity index (χ4n) is 1.95. The van der Waals surface area contributed by atoms with Crippen LogP contribution in [0.2, 0.25) is 0 Å². The lowest BCUT2D eigenvalue weighted by molar-refractivity contribution is -0.142. The molecule has 0 aliphatic rings. The zero-order chi connectivity index (χ0) is 14.2. The molecule has 5 nitrogen and oxygen atoms in total. The molecule has 0 saturated heterocycles. The summed E-state index contributed by atoms with van der Waals surface area (Å²) in [5.41, 5.74) is -0.881. The average molecular weight is 273 g/mol. The number of aryl methyl sites for hydroxylation is 1. The van der Waals surface area contributed by atoms with Crippen molar-refractivity contribution >= 4 is 5.97 Å². The molecular weight excluding hydrogens is 263 g/mol. The van der Waals surface area contributed by atoms with Gasteiger partial charge in [0.15, 0.2) is 5.69 Å². The molecule has 2 aromatic rings. The summed E-state index contributed by atoms with van der Waals surface area (Å²) >= 11 is 0. The monoisotopic (exact) mass is 273 g/mol. The number of carbonyl (C=O) groups is 1. The summed E-state index contributed by atoms with van der Waals surface area (Å²) in [6, 6.07) is 1.56. The molecule has 2 aromatic heterocycles. The summed E-state index contributed by atoms with van der Waals surface area (Å²) in [6.45, 7) is 0. The van der Waals surface area contributed by atoms with Gasteiger partial charge in [0, 0.05) is 30.6 Å². The summed E-state index contributed by atoms with van der Waals surface area (Å²) in [7, 11) is 1.35. The fraction of sp³-hybridized carbons (Fsp3) is 0.273. The van der Waals surface area contributed by atoms with Crippen LogP contribution in [0.4, 0.5) is 13.2 Å². The molecule has 0 bridgehead atoms. The Bertz CT molecular complexity index is 599. The molecule has 8 heteroatoms. The summed E-state index contributed by atoms with van der Waals surface area (Å²) in [6.07, 6.45) is -2.39. The fourth-order valence-corrected chi connectivity index (χ4v) is 1.95. The Hall–Kier alpha value is -2.25. The van der Waals surface area contributed by atoms with Crippen molar-refractivity contribution in [2.75, 3.05) is 0 Å². The van der Waals surface area contributed by atoms with Crippen LogP contribution in [0.5, 0.6) is 0 Å². The second-order valence-corrected chi connectivity index (χ2v) is 3.97. The van der Waals surface area contributed by atoms with Gasteiger partial charge in [-0.2, -0.15) is 18.3 Å². The molecule has 0 radical (unpaired) electrons. The van der Waals surface area contributed by atoms with Gasteiger partial charge < -0.3 is 10.1 Å². The molecule has 2 heterocycles. The SMILES string of the molecule is Cn1nc(C(F)(F)F)c(CC(=O)O)c1-c1cc[nH]c1. The van der Waals surface area contributed by atoms with E-state index in [1.54, 1.807) is 12.3 Å². The van der Waals surface area contributed by atoms with E-state index >= 15 is 0 Å². The third kappa shape index (κ3) is 2.47. The molecule has 102 valence electrons. The zero-order valence-electron chi connectivity index (χ0n) is 9.82. The summed E-state index contributed by atoms with van der Waals surface area (Å²) in [5, 5.41) is 12.2. The van der Waals surface area contributed by atoms with Crippen LogP contribution in [0, 0.1) is 0 Å². The van der Waals surface area contributed by atoms with Gasteiger partial charge >= 0.3 is 12.1 Å². The van der Waals surface area contributed by atoms with Crippen molar-refractivity contribution in [3.05, 3.63) is 29.7 Å². The van der Waals surface area contributed by atoms with Gasteiger partial charge in [0.25, 0.3) is 0 Å². The molecule has 0 amide bonds. The van der Waals surface area contributed by atoms with E-state index in [0.717, 1.165) is 4.68 Å². The molecule has 0 saturated carbocycles. The van der Waals surface area contributed by atoms with Crippen LogP contribution in [0.3, 0.4) is 0 Å². The first-order valence-electron chi connectivity index (χ1n) is 5.28. The third-order valence-corrected chi connectivity index (χ3v) is 2.61. The van der Waals surface area contributed by atoms with Gasteiger partial charge in [-0.25, -0.2) is 0 Å². The van der Waals surface area contributed by atoms with E-state index in [9.17, 15) is 18.0 Å². The first-order chi connectivity index (χ1) is 8.80. The maximum atomic E-state index is 12.9. The van der Waals surface area contributed by atoms with E-state index in [4.69, 9.17) is 5.11 Å². The number of alkyl halides is 3. The number of aromatic nitrogens is 3. The average Bonchev–Trinajstić information content (AvgIpc) is 2.84. The number of carboxylic acid groups (broad SMARTS) is 1. The predicted octanol–water partition coefficient (Wildman–Crippen LogP) is 2.06. The van der Waals surface area contributed by atoms with Gasteiger partial charge in [-0.15, -0.1) is 0 Å². The molecule has 0 spiro atoms. The number of hydrogen-bond donors (Lipinski definition) is 2. The van der Waals surface area contributed by atoms with Crippen molar-refractivity contribution in [3.8, 4) is 11.3 Å². The maximum Gasteiger partial charge on any atom is 0.435 e. The molecule has 2 N–H and O–H groups in total. The topological polar surface area (TPSA) is 70.9 Å². The minimum atomic E-state index is -4.68. The standard InChI is InChI=1S/C11H10F3N3O2/c1-17-9(6-2-3-15-5-6)7(4-8(18)19)10(16-17)11(12,13)14/h2-3,5,15H,4H2,1H3,(H,18,19). The minimum absolute atomic E-state index is 0.149. The van der Waals surface area contributed by atoms with E-state index in [2.05, 4.69) is 10.1 Å². The van der Waals surface area contributed by atoms with Gasteiger partial charge in [-0.3, -0.25) is 9.48 Å². The molecule has 0 unspecified atom stereocenters. The Morgan fingerprint density at radius 1 is 1.53 bits per heavy atom. The Morgan fingerprint density at radius 3 is 2.68 bits per heavy atom. The van der Waals surface area contributed by atoms with Crippen molar-refractivity contribution < 1.29 is 23.1 Å². The first kappa shape index (κ1) is 13.2. The number of nitrogens with one attached hydrogen (secondary N) is 1. The van der Waals surface area contributed by atoms with E-state index in [-0.39, 0.29) is 11.3 Å². The Morgan fingerprint density at radius 2 is 2.21 bits per heavy atom. The number of aliphatic carboxylic acids is 1. The lowest BCUT2D eigenvalue weighted by atomic mass is 10.0. The first-order valence-corrected chi connectivity index (χ1v) is 5.28. The lowest BCUT2D eigenvalue weighted by Gasteiger charge is -2.06. The molecular formula is C11H10F3N3O2. The van der Waals surface area contributed by atoms with Crippen LogP contribution in [0.15, 0.2) is 18.5 Å². The second kappa shape index (κ2) is 4.45. The zero-order valence-corrected chi connectivity index (χ0v) is 9.82. The number of halogens is 3. The smallest absolute Gasteiger partial charge is 0.435 e.